The van der Waals surface area contributed by atoms with Gasteiger partial charge in [0, 0.05) is 43.1 Å². The third-order valence-electron chi connectivity index (χ3n) is 4.78. The molecule has 118 valence electrons. The van der Waals surface area contributed by atoms with Gasteiger partial charge in [0.1, 0.15) is 0 Å². The molecule has 2 heterocycles. The van der Waals surface area contributed by atoms with E-state index >= 15 is 0 Å². The van der Waals surface area contributed by atoms with Crippen LogP contribution in [0.25, 0.3) is 10.1 Å². The first-order chi connectivity index (χ1) is 11.3. The van der Waals surface area contributed by atoms with Crippen LogP contribution in [0.1, 0.15) is 11.1 Å². The van der Waals surface area contributed by atoms with E-state index in [4.69, 9.17) is 0 Å². The van der Waals surface area contributed by atoms with Gasteiger partial charge in [0.15, 0.2) is 0 Å². The highest BCUT2D eigenvalue weighted by Crippen LogP contribution is 2.27. The summed E-state index contributed by atoms with van der Waals surface area (Å²) in [6.45, 7) is 7.79. The molecule has 2 aromatic carbocycles. The topological polar surface area (TPSA) is 6.48 Å². The molecule has 23 heavy (non-hydrogen) atoms. The summed E-state index contributed by atoms with van der Waals surface area (Å²) in [7, 11) is 0. The minimum atomic E-state index is 1.08. The van der Waals surface area contributed by atoms with Crippen molar-refractivity contribution in [3.05, 3.63) is 65.0 Å². The number of anilines is 1. The largest absolute Gasteiger partial charge is 0.369 e. The first kappa shape index (κ1) is 14.7. The molecule has 2 nitrogen and oxygen atoms in total. The van der Waals surface area contributed by atoms with Crippen molar-refractivity contribution in [2.45, 2.75) is 13.5 Å². The second kappa shape index (κ2) is 6.34. The van der Waals surface area contributed by atoms with Crippen LogP contribution < -0.4 is 4.90 Å². The number of benzene rings is 2. The van der Waals surface area contributed by atoms with Gasteiger partial charge in [-0.1, -0.05) is 36.4 Å². The van der Waals surface area contributed by atoms with E-state index in [2.05, 4.69) is 70.6 Å². The number of piperazine rings is 1. The van der Waals surface area contributed by atoms with E-state index in [9.17, 15) is 0 Å². The standard InChI is InChI=1S/C20H22N2S/c1-16-6-2-4-8-19(16)22-12-10-21(11-13-22)14-17-15-23-20-9-5-3-7-18(17)20/h2-9,15H,10-14H2,1H3. The SMILES string of the molecule is Cc1ccccc1N1CCN(Cc2csc3ccccc23)CC1. The average Bonchev–Trinajstić information content (AvgIpc) is 2.99. The quantitative estimate of drug-likeness (QED) is 0.699. The Hall–Kier alpha value is -1.84. The molecule has 0 atom stereocenters. The summed E-state index contributed by atoms with van der Waals surface area (Å²) in [5, 5.41) is 3.76. The van der Waals surface area contributed by atoms with Crippen LogP contribution in [0, 0.1) is 6.92 Å². The Bertz CT molecular complexity index is 800. The molecule has 3 heteroatoms. The number of thiophene rings is 1. The van der Waals surface area contributed by atoms with Crippen molar-refractivity contribution in [3.63, 3.8) is 0 Å². The van der Waals surface area contributed by atoms with E-state index in [1.165, 1.54) is 26.9 Å². The molecular weight excluding hydrogens is 300 g/mol. The second-order valence-corrected chi connectivity index (χ2v) is 7.22. The normalized spacial score (nSPS) is 16.1. The molecule has 0 spiro atoms. The molecule has 0 radical (unpaired) electrons. The zero-order chi connectivity index (χ0) is 15.6. The van der Waals surface area contributed by atoms with E-state index in [0.717, 1.165) is 32.7 Å². The van der Waals surface area contributed by atoms with Crippen LogP contribution in [-0.2, 0) is 6.54 Å². The van der Waals surface area contributed by atoms with Gasteiger partial charge in [0.25, 0.3) is 0 Å². The molecule has 4 rings (SSSR count). The van der Waals surface area contributed by atoms with Crippen molar-refractivity contribution < 1.29 is 0 Å². The lowest BCUT2D eigenvalue weighted by Crippen LogP contribution is -2.46. The number of rotatable bonds is 3. The molecule has 0 aliphatic carbocycles. The molecule has 0 bridgehead atoms. The molecule has 0 unspecified atom stereocenters. The highest BCUT2D eigenvalue weighted by molar-refractivity contribution is 7.17. The van der Waals surface area contributed by atoms with Crippen molar-refractivity contribution in [1.29, 1.82) is 0 Å². The molecule has 3 aromatic rings. The summed E-state index contributed by atoms with van der Waals surface area (Å²) < 4.78 is 1.40. The van der Waals surface area contributed by atoms with E-state index in [-0.39, 0.29) is 0 Å². The summed E-state index contributed by atoms with van der Waals surface area (Å²) in [5.41, 5.74) is 4.26. The Labute approximate surface area is 142 Å². The minimum Gasteiger partial charge on any atom is -0.369 e. The maximum atomic E-state index is 2.59. The zero-order valence-corrected chi connectivity index (χ0v) is 14.4. The van der Waals surface area contributed by atoms with Gasteiger partial charge in [0.05, 0.1) is 0 Å². The van der Waals surface area contributed by atoms with Crippen molar-refractivity contribution >= 4 is 27.1 Å². The highest BCUT2D eigenvalue weighted by Gasteiger charge is 2.19. The molecule has 1 saturated heterocycles. The summed E-state index contributed by atoms with van der Waals surface area (Å²) >= 11 is 1.86. The minimum absolute atomic E-state index is 1.08. The number of fused-ring (bicyclic) bond motifs is 1. The number of para-hydroxylation sites is 1. The molecule has 0 amide bonds. The first-order valence-corrected chi connectivity index (χ1v) is 9.17. The van der Waals surface area contributed by atoms with Crippen LogP contribution in [0.5, 0.6) is 0 Å². The molecule has 1 aliphatic rings. The van der Waals surface area contributed by atoms with Gasteiger partial charge in [-0.3, -0.25) is 4.90 Å². The fourth-order valence-electron chi connectivity index (χ4n) is 3.46. The third-order valence-corrected chi connectivity index (χ3v) is 5.80. The van der Waals surface area contributed by atoms with E-state index in [1.54, 1.807) is 0 Å². The predicted octanol–water partition coefficient (Wildman–Crippen LogP) is 4.53. The highest BCUT2D eigenvalue weighted by atomic mass is 32.1. The predicted molar refractivity (Wildman–Crippen MR) is 100 cm³/mol. The van der Waals surface area contributed by atoms with Gasteiger partial charge < -0.3 is 4.90 Å². The Kier molecular flexibility index (Phi) is 4.06. The average molecular weight is 322 g/mol. The Morgan fingerprint density at radius 3 is 2.48 bits per heavy atom. The lowest BCUT2D eigenvalue weighted by atomic mass is 10.1. The van der Waals surface area contributed by atoms with Crippen LogP contribution in [-0.4, -0.2) is 31.1 Å². The summed E-state index contributed by atoms with van der Waals surface area (Å²) in [4.78, 5) is 5.11. The van der Waals surface area contributed by atoms with Crippen molar-refractivity contribution in [3.8, 4) is 0 Å². The maximum absolute atomic E-state index is 2.59. The molecule has 1 aromatic heterocycles. The summed E-state index contributed by atoms with van der Waals surface area (Å²) in [6, 6.07) is 17.5. The van der Waals surface area contributed by atoms with E-state index < -0.39 is 0 Å². The molecule has 0 saturated carbocycles. The first-order valence-electron chi connectivity index (χ1n) is 8.29. The lowest BCUT2D eigenvalue weighted by Gasteiger charge is -2.36. The van der Waals surface area contributed by atoms with Gasteiger partial charge in [-0.25, -0.2) is 0 Å². The molecular formula is C20H22N2S. The summed E-state index contributed by atoms with van der Waals surface area (Å²) in [5.74, 6) is 0. The summed E-state index contributed by atoms with van der Waals surface area (Å²) in [6.07, 6.45) is 0. The van der Waals surface area contributed by atoms with Gasteiger partial charge in [-0.15, -0.1) is 11.3 Å². The van der Waals surface area contributed by atoms with Crippen LogP contribution >= 0.6 is 11.3 Å². The number of hydrogen-bond acceptors (Lipinski definition) is 3. The fraction of sp³-hybridized carbons (Fsp3) is 0.300. The Balaban J connectivity index is 1.43. The molecule has 1 fully saturated rings. The Morgan fingerprint density at radius 2 is 1.65 bits per heavy atom. The number of aryl methyl sites for hydroxylation is 1. The lowest BCUT2D eigenvalue weighted by molar-refractivity contribution is 0.251. The van der Waals surface area contributed by atoms with Gasteiger partial charge in [0.2, 0.25) is 0 Å². The second-order valence-electron chi connectivity index (χ2n) is 6.31. The fourth-order valence-corrected chi connectivity index (χ4v) is 4.42. The Morgan fingerprint density at radius 1 is 0.913 bits per heavy atom. The van der Waals surface area contributed by atoms with Crippen molar-refractivity contribution in [2.24, 2.45) is 0 Å². The van der Waals surface area contributed by atoms with Crippen LogP contribution in [0.4, 0.5) is 5.69 Å². The third kappa shape index (κ3) is 2.99. The molecule has 0 N–H and O–H groups in total. The van der Waals surface area contributed by atoms with Crippen LogP contribution in [0.3, 0.4) is 0 Å². The van der Waals surface area contributed by atoms with E-state index in [0.29, 0.717) is 0 Å². The van der Waals surface area contributed by atoms with Gasteiger partial charge >= 0.3 is 0 Å². The van der Waals surface area contributed by atoms with Crippen molar-refractivity contribution in [1.82, 2.24) is 4.90 Å². The molecule has 1 aliphatic heterocycles. The number of nitrogens with zero attached hydrogens (tertiary/aromatic N) is 2. The van der Waals surface area contributed by atoms with Gasteiger partial charge in [-0.05, 0) is 40.9 Å². The maximum Gasteiger partial charge on any atom is 0.0396 e. The van der Waals surface area contributed by atoms with Crippen LogP contribution in [0.2, 0.25) is 0 Å². The van der Waals surface area contributed by atoms with Crippen LogP contribution in [0.15, 0.2) is 53.9 Å². The number of hydrogen-bond donors (Lipinski definition) is 0. The smallest absolute Gasteiger partial charge is 0.0396 e. The zero-order valence-electron chi connectivity index (χ0n) is 13.5. The monoisotopic (exact) mass is 322 g/mol. The van der Waals surface area contributed by atoms with Gasteiger partial charge in [-0.2, -0.15) is 0 Å². The van der Waals surface area contributed by atoms with Crippen molar-refractivity contribution in [2.75, 3.05) is 31.1 Å². The van der Waals surface area contributed by atoms with E-state index in [1.807, 2.05) is 11.3 Å².